The molecular weight excluding hydrogens is 410 g/mol. The number of hydrogen-bond donors (Lipinski definition) is 3. The molecular formula is C22H27N7OS. The van der Waals surface area contributed by atoms with E-state index in [1.807, 2.05) is 19.1 Å². The second kappa shape index (κ2) is 9.93. The van der Waals surface area contributed by atoms with Crippen molar-refractivity contribution >= 4 is 47.3 Å². The predicted octanol–water partition coefficient (Wildman–Crippen LogP) is 4.45. The summed E-state index contributed by atoms with van der Waals surface area (Å²) in [4.78, 5) is 27.8. The fourth-order valence-corrected chi connectivity index (χ4v) is 3.61. The molecule has 1 aliphatic rings. The van der Waals surface area contributed by atoms with Crippen molar-refractivity contribution in [3.8, 4) is 0 Å². The Morgan fingerprint density at radius 3 is 2.55 bits per heavy atom. The SMILES string of the molecule is CCN(S)C(=O)Nc1cnc2ccc(Nc3ccc(CN4CCCCC4)cc3)nc2n1. The van der Waals surface area contributed by atoms with Crippen molar-refractivity contribution in [2.75, 3.05) is 30.3 Å². The zero-order chi connectivity index (χ0) is 21.6. The van der Waals surface area contributed by atoms with Crippen LogP contribution in [0.1, 0.15) is 31.7 Å². The highest BCUT2D eigenvalue weighted by Gasteiger charge is 2.11. The van der Waals surface area contributed by atoms with Gasteiger partial charge in [-0.3, -0.25) is 14.5 Å². The molecule has 3 heterocycles. The van der Waals surface area contributed by atoms with Gasteiger partial charge in [-0.05, 0) is 62.7 Å². The van der Waals surface area contributed by atoms with Gasteiger partial charge in [0, 0.05) is 18.8 Å². The summed E-state index contributed by atoms with van der Waals surface area (Å²) in [6, 6.07) is 11.8. The number of carbonyl (C=O) groups is 1. The normalized spacial score (nSPS) is 14.4. The van der Waals surface area contributed by atoms with Crippen LogP contribution in [-0.4, -0.2) is 49.8 Å². The average molecular weight is 438 g/mol. The van der Waals surface area contributed by atoms with E-state index in [0.29, 0.717) is 29.3 Å². The molecule has 1 aromatic carbocycles. The number of fused-ring (bicyclic) bond motifs is 1. The van der Waals surface area contributed by atoms with Gasteiger partial charge in [0.15, 0.2) is 11.5 Å². The van der Waals surface area contributed by atoms with Gasteiger partial charge >= 0.3 is 6.03 Å². The number of anilines is 3. The summed E-state index contributed by atoms with van der Waals surface area (Å²) >= 11 is 4.09. The summed E-state index contributed by atoms with van der Waals surface area (Å²) < 4.78 is 1.26. The molecule has 2 N–H and O–H groups in total. The molecule has 0 bridgehead atoms. The van der Waals surface area contributed by atoms with Crippen molar-refractivity contribution in [2.45, 2.75) is 32.7 Å². The number of carbonyl (C=O) groups excluding carboxylic acids is 1. The Kier molecular flexibility index (Phi) is 6.83. The molecule has 0 saturated carbocycles. The highest BCUT2D eigenvalue weighted by molar-refractivity contribution is 7.78. The summed E-state index contributed by atoms with van der Waals surface area (Å²) in [5, 5.41) is 5.98. The van der Waals surface area contributed by atoms with Crippen molar-refractivity contribution in [1.29, 1.82) is 0 Å². The van der Waals surface area contributed by atoms with Gasteiger partial charge < -0.3 is 5.32 Å². The lowest BCUT2D eigenvalue weighted by atomic mass is 10.1. The molecule has 3 aromatic rings. The van der Waals surface area contributed by atoms with Crippen LogP contribution in [0.2, 0.25) is 0 Å². The Hall–Kier alpha value is -2.91. The number of nitrogens with zero attached hydrogens (tertiary/aromatic N) is 5. The molecule has 1 fully saturated rings. The molecule has 31 heavy (non-hydrogen) atoms. The number of likely N-dealkylation sites (tertiary alicyclic amines) is 1. The van der Waals surface area contributed by atoms with E-state index < -0.39 is 0 Å². The summed E-state index contributed by atoms with van der Waals surface area (Å²) in [6.45, 7) is 5.68. The van der Waals surface area contributed by atoms with E-state index in [0.717, 1.165) is 12.2 Å². The predicted molar refractivity (Wildman–Crippen MR) is 127 cm³/mol. The zero-order valence-electron chi connectivity index (χ0n) is 17.6. The number of hydrogen-bond acceptors (Lipinski definition) is 7. The number of amides is 2. The summed E-state index contributed by atoms with van der Waals surface area (Å²) in [5.41, 5.74) is 3.38. The van der Waals surface area contributed by atoms with Gasteiger partial charge in [-0.2, -0.15) is 0 Å². The van der Waals surface area contributed by atoms with Crippen molar-refractivity contribution in [3.63, 3.8) is 0 Å². The second-order valence-electron chi connectivity index (χ2n) is 7.60. The third-order valence-electron chi connectivity index (χ3n) is 5.26. The van der Waals surface area contributed by atoms with Crippen LogP contribution < -0.4 is 10.6 Å². The number of urea groups is 1. The average Bonchev–Trinajstić information content (AvgIpc) is 2.80. The number of pyridine rings is 1. The molecule has 0 unspecified atom stereocenters. The standard InChI is InChI=1S/C22H27N7OS/c1-2-29(31)22(30)27-20-14-23-18-10-11-19(25-21(18)26-20)24-17-8-6-16(7-9-17)15-28-12-4-3-5-13-28/h6-11,14,31H,2-5,12-13,15H2,1H3,(H2,24,25,26,27,30). The van der Waals surface area contributed by atoms with Gasteiger partial charge in [-0.25, -0.2) is 19.7 Å². The summed E-state index contributed by atoms with van der Waals surface area (Å²) in [5.74, 6) is 0.996. The maximum absolute atomic E-state index is 12.0. The van der Waals surface area contributed by atoms with Crippen LogP contribution in [0.25, 0.3) is 11.2 Å². The first-order valence-electron chi connectivity index (χ1n) is 10.6. The monoisotopic (exact) mass is 437 g/mol. The molecule has 2 aromatic heterocycles. The maximum Gasteiger partial charge on any atom is 0.332 e. The van der Waals surface area contributed by atoms with Crippen molar-refractivity contribution < 1.29 is 4.79 Å². The summed E-state index contributed by atoms with van der Waals surface area (Å²) in [7, 11) is 0. The molecule has 4 rings (SSSR count). The third kappa shape index (κ3) is 5.62. The van der Waals surface area contributed by atoms with Crippen LogP contribution in [0, 0.1) is 0 Å². The highest BCUT2D eigenvalue weighted by atomic mass is 32.1. The lowest BCUT2D eigenvalue weighted by molar-refractivity contribution is 0.221. The number of rotatable bonds is 6. The molecule has 0 atom stereocenters. The molecule has 9 heteroatoms. The van der Waals surface area contributed by atoms with E-state index in [9.17, 15) is 4.79 Å². The first-order chi connectivity index (χ1) is 15.1. The first-order valence-corrected chi connectivity index (χ1v) is 11.0. The minimum absolute atomic E-state index is 0.330. The molecule has 0 spiro atoms. The van der Waals surface area contributed by atoms with Crippen LogP contribution in [0.3, 0.4) is 0 Å². The fourth-order valence-electron chi connectivity index (χ4n) is 3.56. The van der Waals surface area contributed by atoms with Gasteiger partial charge in [-0.1, -0.05) is 31.4 Å². The number of thiol groups is 1. The Labute approximate surface area is 187 Å². The number of benzene rings is 1. The fraction of sp³-hybridized carbons (Fsp3) is 0.364. The molecule has 0 aliphatic carbocycles. The molecule has 1 saturated heterocycles. The molecule has 1 aliphatic heterocycles. The minimum Gasteiger partial charge on any atom is -0.340 e. The minimum atomic E-state index is -0.363. The Morgan fingerprint density at radius 2 is 1.81 bits per heavy atom. The lowest BCUT2D eigenvalue weighted by Crippen LogP contribution is -2.29. The number of aromatic nitrogens is 3. The van der Waals surface area contributed by atoms with E-state index >= 15 is 0 Å². The first kappa shape index (κ1) is 21.3. The van der Waals surface area contributed by atoms with Crippen LogP contribution >= 0.6 is 12.8 Å². The largest absolute Gasteiger partial charge is 0.340 e. The lowest BCUT2D eigenvalue weighted by Gasteiger charge is -2.26. The second-order valence-corrected chi connectivity index (χ2v) is 8.08. The van der Waals surface area contributed by atoms with Crippen molar-refractivity contribution in [1.82, 2.24) is 24.2 Å². The van der Waals surface area contributed by atoms with Crippen molar-refractivity contribution in [3.05, 3.63) is 48.2 Å². The van der Waals surface area contributed by atoms with Gasteiger partial charge in [0.1, 0.15) is 11.3 Å². The smallest absolute Gasteiger partial charge is 0.332 e. The molecule has 162 valence electrons. The van der Waals surface area contributed by atoms with Gasteiger partial charge in [0.05, 0.1) is 6.20 Å². The van der Waals surface area contributed by atoms with Gasteiger partial charge in [0.2, 0.25) is 0 Å². The Balaban J connectivity index is 1.43. The van der Waals surface area contributed by atoms with Crippen LogP contribution in [0.5, 0.6) is 0 Å². The van der Waals surface area contributed by atoms with Crippen LogP contribution in [0.4, 0.5) is 22.1 Å². The van der Waals surface area contributed by atoms with Crippen LogP contribution in [-0.2, 0) is 6.54 Å². The third-order valence-corrected chi connectivity index (χ3v) is 5.72. The van der Waals surface area contributed by atoms with E-state index in [-0.39, 0.29) is 6.03 Å². The quantitative estimate of drug-likeness (QED) is 0.494. The Bertz CT molecular complexity index is 1040. The van der Waals surface area contributed by atoms with Gasteiger partial charge in [-0.15, -0.1) is 0 Å². The molecule has 0 radical (unpaired) electrons. The highest BCUT2D eigenvalue weighted by Crippen LogP contribution is 2.20. The summed E-state index contributed by atoms with van der Waals surface area (Å²) in [6.07, 6.45) is 5.45. The molecule has 2 amide bonds. The van der Waals surface area contributed by atoms with Gasteiger partial charge in [0.25, 0.3) is 0 Å². The van der Waals surface area contributed by atoms with Crippen LogP contribution in [0.15, 0.2) is 42.6 Å². The maximum atomic E-state index is 12.0. The van der Waals surface area contributed by atoms with E-state index in [1.54, 1.807) is 0 Å². The zero-order valence-corrected chi connectivity index (χ0v) is 18.5. The molecule has 8 nitrogen and oxygen atoms in total. The number of piperidine rings is 1. The Morgan fingerprint density at radius 1 is 1.06 bits per heavy atom. The van der Waals surface area contributed by atoms with Crippen molar-refractivity contribution in [2.24, 2.45) is 0 Å². The number of nitrogens with one attached hydrogen (secondary N) is 2. The van der Waals surface area contributed by atoms with E-state index in [2.05, 4.69) is 67.6 Å². The topological polar surface area (TPSA) is 86.3 Å². The van der Waals surface area contributed by atoms with E-state index in [4.69, 9.17) is 0 Å². The van der Waals surface area contributed by atoms with E-state index in [1.165, 1.54) is 48.4 Å².